The van der Waals surface area contributed by atoms with E-state index >= 15 is 0 Å². The minimum absolute atomic E-state index is 0.437. The second-order valence-corrected chi connectivity index (χ2v) is 6.96. The normalized spacial score (nSPS) is 27.0. The fourth-order valence-corrected chi connectivity index (χ4v) is 3.30. The summed E-state index contributed by atoms with van der Waals surface area (Å²) >= 11 is 8.58. The van der Waals surface area contributed by atoms with Crippen molar-refractivity contribution in [3.05, 3.63) is 28.2 Å². The Hall–Kier alpha value is -0.610. The Kier molecular flexibility index (Phi) is 4.85. The average Bonchev–Trinajstić information content (AvgIpc) is 2.36. The Labute approximate surface area is 129 Å². The maximum Gasteiger partial charge on any atom is 0.104 e. The van der Waals surface area contributed by atoms with Gasteiger partial charge in [0.1, 0.15) is 4.99 Å². The summed E-state index contributed by atoms with van der Waals surface area (Å²) in [6, 6.07) is 6.59. The fourth-order valence-electron chi connectivity index (χ4n) is 2.68. The summed E-state index contributed by atoms with van der Waals surface area (Å²) in [6.07, 6.45) is 3.79. The predicted molar refractivity (Wildman–Crippen MR) is 89.6 cm³/mol. The molecular weight excluding hydrogens is 320 g/mol. The van der Waals surface area contributed by atoms with Crippen LogP contribution >= 0.6 is 28.1 Å². The maximum atomic E-state index is 5.64. The van der Waals surface area contributed by atoms with Gasteiger partial charge in [0.2, 0.25) is 0 Å². The van der Waals surface area contributed by atoms with Gasteiger partial charge >= 0.3 is 0 Å². The minimum Gasteiger partial charge on any atom is -0.389 e. The zero-order valence-electron chi connectivity index (χ0n) is 11.4. The second-order valence-electron chi connectivity index (χ2n) is 5.67. The van der Waals surface area contributed by atoms with Crippen molar-refractivity contribution in [3.63, 3.8) is 0 Å². The third-order valence-electron chi connectivity index (χ3n) is 4.21. The molecule has 0 bridgehead atoms. The van der Waals surface area contributed by atoms with Crippen molar-refractivity contribution >= 4 is 38.8 Å². The molecule has 2 rings (SSSR count). The Morgan fingerprint density at radius 2 is 2.05 bits per heavy atom. The smallest absolute Gasteiger partial charge is 0.104 e. The number of hydrogen-bond donors (Lipinski definition) is 2. The first-order chi connectivity index (χ1) is 8.97. The van der Waals surface area contributed by atoms with Crippen molar-refractivity contribution in [1.82, 2.24) is 0 Å². The Morgan fingerprint density at radius 1 is 1.32 bits per heavy atom. The molecule has 1 aromatic carbocycles. The highest BCUT2D eigenvalue weighted by Gasteiger charge is 2.24. The summed E-state index contributed by atoms with van der Waals surface area (Å²) in [7, 11) is 0. The molecule has 3 atom stereocenters. The van der Waals surface area contributed by atoms with Crippen LogP contribution in [0.5, 0.6) is 0 Å². The fraction of sp³-hybridized carbons (Fsp3) is 0.533. The highest BCUT2D eigenvalue weighted by Crippen LogP contribution is 2.33. The van der Waals surface area contributed by atoms with E-state index in [9.17, 15) is 0 Å². The zero-order valence-corrected chi connectivity index (χ0v) is 13.9. The van der Waals surface area contributed by atoms with Gasteiger partial charge in [0.05, 0.1) is 0 Å². The number of halogens is 1. The molecule has 0 heterocycles. The lowest BCUT2D eigenvalue weighted by atomic mass is 9.79. The van der Waals surface area contributed by atoms with Gasteiger partial charge in [-0.1, -0.05) is 26.1 Å². The van der Waals surface area contributed by atoms with Crippen LogP contribution in [-0.4, -0.2) is 11.0 Å². The van der Waals surface area contributed by atoms with Crippen molar-refractivity contribution in [2.75, 3.05) is 5.32 Å². The molecule has 1 saturated carbocycles. The van der Waals surface area contributed by atoms with Crippen LogP contribution in [-0.2, 0) is 0 Å². The summed E-state index contributed by atoms with van der Waals surface area (Å²) in [6.45, 7) is 4.71. The molecule has 1 aliphatic rings. The highest BCUT2D eigenvalue weighted by molar-refractivity contribution is 9.10. The summed E-state index contributed by atoms with van der Waals surface area (Å²) in [5.41, 5.74) is 7.67. The predicted octanol–water partition coefficient (Wildman–Crippen LogP) is 4.32. The van der Waals surface area contributed by atoms with Crippen LogP contribution in [0.25, 0.3) is 0 Å². The molecule has 104 valence electrons. The first-order valence-corrected chi connectivity index (χ1v) is 8.03. The molecule has 2 nitrogen and oxygen atoms in total. The van der Waals surface area contributed by atoms with Crippen LogP contribution in [0, 0.1) is 11.8 Å². The van der Waals surface area contributed by atoms with Crippen molar-refractivity contribution in [3.8, 4) is 0 Å². The van der Waals surface area contributed by atoms with Gasteiger partial charge in [-0.15, -0.1) is 0 Å². The maximum absolute atomic E-state index is 5.64. The SMILES string of the molecule is CC1CCC(Nc2ccc(C(N)=S)cc2Br)CC1C. The van der Waals surface area contributed by atoms with Crippen molar-refractivity contribution < 1.29 is 0 Å². The van der Waals surface area contributed by atoms with Crippen molar-refractivity contribution in [2.45, 2.75) is 39.2 Å². The molecule has 3 N–H and O–H groups in total. The van der Waals surface area contributed by atoms with E-state index in [2.05, 4.69) is 41.2 Å². The summed E-state index contributed by atoms with van der Waals surface area (Å²) in [5, 5.41) is 3.64. The quantitative estimate of drug-likeness (QED) is 0.804. The Morgan fingerprint density at radius 3 is 2.63 bits per heavy atom. The van der Waals surface area contributed by atoms with Crippen LogP contribution in [0.2, 0.25) is 0 Å². The summed E-state index contributed by atoms with van der Waals surface area (Å²) < 4.78 is 1.03. The van der Waals surface area contributed by atoms with Crippen LogP contribution in [0.15, 0.2) is 22.7 Å². The van der Waals surface area contributed by atoms with Crippen molar-refractivity contribution in [2.24, 2.45) is 17.6 Å². The summed E-state index contributed by atoms with van der Waals surface area (Å²) in [4.78, 5) is 0.437. The van der Waals surface area contributed by atoms with E-state index in [0.29, 0.717) is 11.0 Å². The molecule has 19 heavy (non-hydrogen) atoms. The number of thiocarbonyl (C=S) groups is 1. The lowest BCUT2D eigenvalue weighted by Crippen LogP contribution is -2.30. The topological polar surface area (TPSA) is 38.0 Å². The van der Waals surface area contributed by atoms with E-state index in [1.54, 1.807) is 0 Å². The number of anilines is 1. The van der Waals surface area contributed by atoms with E-state index in [4.69, 9.17) is 18.0 Å². The third-order valence-corrected chi connectivity index (χ3v) is 5.10. The van der Waals surface area contributed by atoms with Gasteiger partial charge in [0.25, 0.3) is 0 Å². The Bertz CT molecular complexity index is 475. The van der Waals surface area contributed by atoms with E-state index in [-0.39, 0.29) is 0 Å². The zero-order chi connectivity index (χ0) is 14.0. The molecule has 0 radical (unpaired) electrons. The van der Waals surface area contributed by atoms with Gasteiger partial charge < -0.3 is 11.1 Å². The van der Waals surface area contributed by atoms with Crippen LogP contribution in [0.3, 0.4) is 0 Å². The minimum atomic E-state index is 0.437. The Balaban J connectivity index is 2.05. The molecule has 0 spiro atoms. The number of rotatable bonds is 3. The molecule has 1 fully saturated rings. The van der Waals surface area contributed by atoms with Gasteiger partial charge in [0.15, 0.2) is 0 Å². The monoisotopic (exact) mass is 340 g/mol. The first kappa shape index (κ1) is 14.8. The van der Waals surface area contributed by atoms with Gasteiger partial charge in [-0.2, -0.15) is 0 Å². The molecule has 0 saturated heterocycles. The highest BCUT2D eigenvalue weighted by atomic mass is 79.9. The van der Waals surface area contributed by atoms with Crippen LogP contribution in [0.1, 0.15) is 38.7 Å². The number of nitrogens with one attached hydrogen (secondary N) is 1. The molecule has 3 unspecified atom stereocenters. The number of nitrogens with two attached hydrogens (primary N) is 1. The molecule has 0 aliphatic heterocycles. The number of hydrogen-bond acceptors (Lipinski definition) is 2. The van der Waals surface area contributed by atoms with E-state index in [1.807, 2.05) is 12.1 Å². The molecule has 0 amide bonds. The van der Waals surface area contributed by atoms with Crippen molar-refractivity contribution in [1.29, 1.82) is 0 Å². The lowest BCUT2D eigenvalue weighted by Gasteiger charge is -2.33. The third kappa shape index (κ3) is 3.69. The van der Waals surface area contributed by atoms with Crippen LogP contribution < -0.4 is 11.1 Å². The average molecular weight is 341 g/mol. The van der Waals surface area contributed by atoms with Gasteiger partial charge in [0, 0.05) is 21.8 Å². The van der Waals surface area contributed by atoms with Gasteiger partial charge in [-0.05, 0) is 65.2 Å². The number of benzene rings is 1. The lowest BCUT2D eigenvalue weighted by molar-refractivity contribution is 0.261. The van der Waals surface area contributed by atoms with E-state index < -0.39 is 0 Å². The molecular formula is C15H21BrN2S. The second kappa shape index (κ2) is 6.23. The van der Waals surface area contributed by atoms with E-state index in [0.717, 1.165) is 27.6 Å². The van der Waals surface area contributed by atoms with Crippen LogP contribution in [0.4, 0.5) is 5.69 Å². The van der Waals surface area contributed by atoms with Gasteiger partial charge in [-0.3, -0.25) is 0 Å². The molecule has 4 heteroatoms. The summed E-state index contributed by atoms with van der Waals surface area (Å²) in [5.74, 6) is 1.64. The van der Waals surface area contributed by atoms with Gasteiger partial charge in [-0.25, -0.2) is 0 Å². The standard InChI is InChI=1S/C15H21BrN2S/c1-9-3-5-12(7-10(9)2)18-14-6-4-11(15(17)19)8-13(14)16/h4,6,8-10,12,18H,3,5,7H2,1-2H3,(H2,17,19). The molecule has 0 aromatic heterocycles. The molecule has 1 aromatic rings. The van der Waals surface area contributed by atoms with E-state index in [1.165, 1.54) is 19.3 Å². The molecule has 1 aliphatic carbocycles. The first-order valence-electron chi connectivity index (χ1n) is 6.83. The largest absolute Gasteiger partial charge is 0.389 e.